The largest absolute Gasteiger partial charge is 0.494 e. The van der Waals surface area contributed by atoms with Gasteiger partial charge in [0.05, 0.1) is 6.61 Å². The van der Waals surface area contributed by atoms with Gasteiger partial charge in [0, 0.05) is 13.2 Å². The van der Waals surface area contributed by atoms with Crippen LogP contribution in [0.15, 0.2) is 30.3 Å². The fraction of sp³-hybridized carbons (Fsp3) is 0.625. The van der Waals surface area contributed by atoms with Gasteiger partial charge < -0.3 is 9.47 Å². The molecule has 0 heterocycles. The van der Waals surface area contributed by atoms with Crippen LogP contribution in [-0.2, 0) is 4.74 Å². The van der Waals surface area contributed by atoms with Crippen molar-refractivity contribution in [2.24, 2.45) is 0 Å². The monoisotopic (exact) mass is 250 g/mol. The normalized spacial score (nSPS) is 10.5. The molecule has 18 heavy (non-hydrogen) atoms. The number of unbranched alkanes of at least 4 members (excludes halogenated alkanes) is 4. The quantitative estimate of drug-likeness (QED) is 0.540. The molecule has 1 aromatic rings. The predicted molar refractivity (Wildman–Crippen MR) is 76.1 cm³/mol. The Labute approximate surface area is 111 Å². The first-order chi connectivity index (χ1) is 8.93. The third-order valence-electron chi connectivity index (χ3n) is 2.84. The first kappa shape index (κ1) is 15.0. The number of rotatable bonds is 11. The Kier molecular flexibility index (Phi) is 9.27. The second-order valence-electron chi connectivity index (χ2n) is 4.54. The first-order valence-electron chi connectivity index (χ1n) is 7.19. The van der Waals surface area contributed by atoms with E-state index in [-0.39, 0.29) is 0 Å². The molecule has 2 heteroatoms. The molecule has 1 aromatic carbocycles. The number of benzene rings is 1. The summed E-state index contributed by atoms with van der Waals surface area (Å²) in [6, 6.07) is 9.97. The molecule has 0 aliphatic carbocycles. The number of hydrogen-bond donors (Lipinski definition) is 0. The highest BCUT2D eigenvalue weighted by molar-refractivity contribution is 5.20. The smallest absolute Gasteiger partial charge is 0.119 e. The zero-order valence-electron chi connectivity index (χ0n) is 11.6. The summed E-state index contributed by atoms with van der Waals surface area (Å²) < 4.78 is 11.2. The second-order valence-corrected chi connectivity index (χ2v) is 4.54. The summed E-state index contributed by atoms with van der Waals surface area (Å²) in [6.07, 6.45) is 7.26. The second kappa shape index (κ2) is 11.1. The van der Waals surface area contributed by atoms with Crippen LogP contribution in [0.2, 0.25) is 0 Å². The van der Waals surface area contributed by atoms with Crippen LogP contribution in [0.1, 0.15) is 45.4 Å². The zero-order chi connectivity index (χ0) is 12.9. The van der Waals surface area contributed by atoms with Crippen molar-refractivity contribution in [1.29, 1.82) is 0 Å². The molecule has 0 atom stereocenters. The minimum Gasteiger partial charge on any atom is -0.494 e. The number of para-hydroxylation sites is 1. The van der Waals surface area contributed by atoms with E-state index in [2.05, 4.69) is 6.92 Å². The molecule has 0 radical (unpaired) electrons. The third kappa shape index (κ3) is 8.13. The van der Waals surface area contributed by atoms with Crippen molar-refractivity contribution >= 4 is 0 Å². The summed E-state index contributed by atoms with van der Waals surface area (Å²) >= 11 is 0. The van der Waals surface area contributed by atoms with Crippen molar-refractivity contribution in [3.05, 3.63) is 30.3 Å². The van der Waals surface area contributed by atoms with E-state index < -0.39 is 0 Å². The summed E-state index contributed by atoms with van der Waals surface area (Å²) in [5.74, 6) is 0.956. The highest BCUT2D eigenvalue weighted by Crippen LogP contribution is 2.08. The molecule has 102 valence electrons. The van der Waals surface area contributed by atoms with E-state index in [0.29, 0.717) is 0 Å². The maximum atomic E-state index is 5.61. The predicted octanol–water partition coefficient (Wildman–Crippen LogP) is 4.44. The Morgan fingerprint density at radius 3 is 2.17 bits per heavy atom. The lowest BCUT2D eigenvalue weighted by Crippen LogP contribution is -2.01. The van der Waals surface area contributed by atoms with Crippen LogP contribution >= 0.6 is 0 Å². The average molecular weight is 250 g/mol. The van der Waals surface area contributed by atoms with E-state index in [1.54, 1.807) is 0 Å². The van der Waals surface area contributed by atoms with Gasteiger partial charge in [-0.1, -0.05) is 44.4 Å². The molecule has 0 bridgehead atoms. The lowest BCUT2D eigenvalue weighted by molar-refractivity contribution is 0.122. The van der Waals surface area contributed by atoms with E-state index >= 15 is 0 Å². The summed E-state index contributed by atoms with van der Waals surface area (Å²) in [6.45, 7) is 4.79. The average Bonchev–Trinajstić information content (AvgIpc) is 2.42. The number of hydrogen-bond acceptors (Lipinski definition) is 2. The molecule has 0 aromatic heterocycles. The topological polar surface area (TPSA) is 18.5 Å². The van der Waals surface area contributed by atoms with Crippen molar-refractivity contribution in [3.63, 3.8) is 0 Å². The summed E-state index contributed by atoms with van der Waals surface area (Å²) in [7, 11) is 0. The molecule has 0 aliphatic heterocycles. The third-order valence-corrected chi connectivity index (χ3v) is 2.84. The molecule has 0 aliphatic rings. The van der Waals surface area contributed by atoms with Crippen LogP contribution in [-0.4, -0.2) is 19.8 Å². The standard InChI is InChI=1S/C16H26O2/c1-2-3-4-8-13-17-14-9-10-15-18-16-11-6-5-7-12-16/h5-7,11-12H,2-4,8-10,13-15H2,1H3. The Hall–Kier alpha value is -1.02. The van der Waals surface area contributed by atoms with Gasteiger partial charge in [-0.25, -0.2) is 0 Å². The van der Waals surface area contributed by atoms with Crippen LogP contribution in [0.4, 0.5) is 0 Å². The van der Waals surface area contributed by atoms with Crippen LogP contribution < -0.4 is 4.74 Å². The highest BCUT2D eigenvalue weighted by atomic mass is 16.5. The molecule has 0 unspecified atom stereocenters. The van der Waals surface area contributed by atoms with E-state index in [4.69, 9.17) is 9.47 Å². The van der Waals surface area contributed by atoms with Gasteiger partial charge in [0.15, 0.2) is 0 Å². The molecule has 0 spiro atoms. The Morgan fingerprint density at radius 2 is 1.44 bits per heavy atom. The summed E-state index contributed by atoms with van der Waals surface area (Å²) in [4.78, 5) is 0. The SMILES string of the molecule is CCCCCCOCCCCOc1ccccc1. The van der Waals surface area contributed by atoms with Crippen molar-refractivity contribution in [3.8, 4) is 5.75 Å². The summed E-state index contributed by atoms with van der Waals surface area (Å²) in [5.41, 5.74) is 0. The summed E-state index contributed by atoms with van der Waals surface area (Å²) in [5, 5.41) is 0. The molecule has 2 nitrogen and oxygen atoms in total. The minimum absolute atomic E-state index is 0.781. The van der Waals surface area contributed by atoms with Gasteiger partial charge in [-0.2, -0.15) is 0 Å². The van der Waals surface area contributed by atoms with E-state index in [9.17, 15) is 0 Å². The van der Waals surface area contributed by atoms with Gasteiger partial charge in [0.2, 0.25) is 0 Å². The lowest BCUT2D eigenvalue weighted by Gasteiger charge is -2.06. The highest BCUT2D eigenvalue weighted by Gasteiger charge is 1.93. The zero-order valence-corrected chi connectivity index (χ0v) is 11.6. The van der Waals surface area contributed by atoms with E-state index in [1.807, 2.05) is 30.3 Å². The number of ether oxygens (including phenoxy) is 2. The maximum absolute atomic E-state index is 5.61. The molecule has 0 saturated carbocycles. The Morgan fingerprint density at radius 1 is 0.778 bits per heavy atom. The van der Waals surface area contributed by atoms with Gasteiger partial charge in [-0.3, -0.25) is 0 Å². The van der Waals surface area contributed by atoms with Crippen LogP contribution in [0.5, 0.6) is 5.75 Å². The molecule has 0 fully saturated rings. The molecule has 0 amide bonds. The van der Waals surface area contributed by atoms with Crippen molar-refractivity contribution < 1.29 is 9.47 Å². The van der Waals surface area contributed by atoms with Crippen LogP contribution in [0.3, 0.4) is 0 Å². The van der Waals surface area contributed by atoms with Crippen molar-refractivity contribution in [2.45, 2.75) is 45.4 Å². The van der Waals surface area contributed by atoms with E-state index in [0.717, 1.165) is 38.4 Å². The van der Waals surface area contributed by atoms with Gasteiger partial charge >= 0.3 is 0 Å². The Balaban J connectivity index is 1.82. The molecular weight excluding hydrogens is 224 g/mol. The van der Waals surface area contributed by atoms with Gasteiger partial charge in [-0.15, -0.1) is 0 Å². The van der Waals surface area contributed by atoms with Gasteiger partial charge in [-0.05, 0) is 31.4 Å². The minimum atomic E-state index is 0.781. The van der Waals surface area contributed by atoms with Crippen molar-refractivity contribution in [2.75, 3.05) is 19.8 Å². The van der Waals surface area contributed by atoms with E-state index in [1.165, 1.54) is 25.7 Å². The first-order valence-corrected chi connectivity index (χ1v) is 7.19. The van der Waals surface area contributed by atoms with Gasteiger partial charge in [0.25, 0.3) is 0 Å². The molecule has 1 rings (SSSR count). The maximum Gasteiger partial charge on any atom is 0.119 e. The Bertz CT molecular complexity index is 272. The lowest BCUT2D eigenvalue weighted by atomic mass is 10.2. The van der Waals surface area contributed by atoms with Crippen LogP contribution in [0, 0.1) is 0 Å². The van der Waals surface area contributed by atoms with Gasteiger partial charge in [0.1, 0.15) is 5.75 Å². The van der Waals surface area contributed by atoms with Crippen LogP contribution in [0.25, 0.3) is 0 Å². The molecular formula is C16H26O2. The van der Waals surface area contributed by atoms with Crippen molar-refractivity contribution in [1.82, 2.24) is 0 Å². The fourth-order valence-electron chi connectivity index (χ4n) is 1.75. The molecule has 0 N–H and O–H groups in total. The molecule has 0 saturated heterocycles. The fourth-order valence-corrected chi connectivity index (χ4v) is 1.75.